The number of fused-ring (bicyclic) bond motifs is 1. The predicted octanol–water partition coefficient (Wildman–Crippen LogP) is 2.11. The summed E-state index contributed by atoms with van der Waals surface area (Å²) in [4.78, 5) is 4.40. The molecule has 3 rings (SSSR count). The van der Waals surface area contributed by atoms with E-state index in [0.717, 1.165) is 17.0 Å². The molecule has 1 N–H and O–H groups in total. The third-order valence-electron chi connectivity index (χ3n) is 2.67. The van der Waals surface area contributed by atoms with Crippen LogP contribution in [-0.2, 0) is 0 Å². The average Bonchev–Trinajstić information content (AvgIpc) is 2.82. The summed E-state index contributed by atoms with van der Waals surface area (Å²) in [5.41, 5.74) is 1.61. The summed E-state index contributed by atoms with van der Waals surface area (Å²) in [6.07, 6.45) is 1.77. The van der Waals surface area contributed by atoms with Crippen LogP contribution in [0.5, 0.6) is 11.5 Å². The van der Waals surface area contributed by atoms with Gasteiger partial charge in [-0.1, -0.05) is 0 Å². The first kappa shape index (κ1) is 10.6. The Morgan fingerprint density at radius 3 is 2.61 bits per heavy atom. The van der Waals surface area contributed by atoms with E-state index in [1.54, 1.807) is 42.1 Å². The van der Waals surface area contributed by atoms with E-state index in [-0.39, 0.29) is 5.75 Å². The molecule has 0 fully saturated rings. The van der Waals surface area contributed by atoms with E-state index in [0.29, 0.717) is 5.82 Å². The van der Waals surface area contributed by atoms with E-state index in [1.165, 1.54) is 0 Å². The Morgan fingerprint density at radius 2 is 1.89 bits per heavy atom. The first-order chi connectivity index (χ1) is 8.76. The molecule has 0 aliphatic carbocycles. The van der Waals surface area contributed by atoms with Crippen molar-refractivity contribution in [3.8, 4) is 22.9 Å². The number of aromatic hydroxyl groups is 1. The average molecular weight is 241 g/mol. The number of nitrogens with zero attached hydrogens (tertiary/aromatic N) is 3. The Morgan fingerprint density at radius 1 is 1.11 bits per heavy atom. The smallest absolute Gasteiger partial charge is 0.182 e. The van der Waals surface area contributed by atoms with Crippen LogP contribution in [0.25, 0.3) is 17.0 Å². The molecule has 0 saturated heterocycles. The molecule has 3 aromatic rings. The second-order valence-electron chi connectivity index (χ2n) is 3.85. The van der Waals surface area contributed by atoms with E-state index in [9.17, 15) is 5.11 Å². The van der Waals surface area contributed by atoms with Crippen molar-refractivity contribution < 1.29 is 9.84 Å². The molecule has 0 atom stereocenters. The Bertz CT molecular complexity index is 689. The van der Waals surface area contributed by atoms with Crippen molar-refractivity contribution in [3.63, 3.8) is 0 Å². The van der Waals surface area contributed by atoms with E-state index in [2.05, 4.69) is 10.1 Å². The van der Waals surface area contributed by atoms with Crippen molar-refractivity contribution in [2.24, 2.45) is 0 Å². The van der Waals surface area contributed by atoms with E-state index >= 15 is 0 Å². The van der Waals surface area contributed by atoms with Crippen LogP contribution in [0.3, 0.4) is 0 Å². The highest BCUT2D eigenvalue weighted by Crippen LogP contribution is 2.20. The number of phenols is 1. The van der Waals surface area contributed by atoms with Crippen LogP contribution in [0.1, 0.15) is 0 Å². The topological polar surface area (TPSA) is 59.7 Å². The third kappa shape index (κ3) is 1.75. The summed E-state index contributed by atoms with van der Waals surface area (Å²) < 4.78 is 6.80. The van der Waals surface area contributed by atoms with Crippen molar-refractivity contribution in [2.75, 3.05) is 7.11 Å². The largest absolute Gasteiger partial charge is 0.508 e. The molecule has 1 aromatic carbocycles. The zero-order chi connectivity index (χ0) is 12.5. The molecule has 2 heterocycles. The van der Waals surface area contributed by atoms with Gasteiger partial charge in [0.1, 0.15) is 11.5 Å². The molecule has 90 valence electrons. The Labute approximate surface area is 103 Å². The molecular weight excluding hydrogens is 230 g/mol. The van der Waals surface area contributed by atoms with Crippen molar-refractivity contribution in [2.45, 2.75) is 0 Å². The van der Waals surface area contributed by atoms with Crippen LogP contribution < -0.4 is 4.74 Å². The minimum atomic E-state index is 0.226. The molecule has 2 aromatic heterocycles. The Balaban J connectivity index is 2.10. The highest BCUT2D eigenvalue weighted by molar-refractivity contribution is 5.59. The molecule has 5 heteroatoms. The van der Waals surface area contributed by atoms with E-state index in [4.69, 9.17) is 4.74 Å². The SMILES string of the molecule is COc1ccc2nc(-c3ccc(O)cc3)nn2c1. The molecule has 0 aliphatic heterocycles. The molecule has 0 saturated carbocycles. The lowest BCUT2D eigenvalue weighted by Crippen LogP contribution is -1.90. The number of rotatable bonds is 2. The molecule has 0 bridgehead atoms. The van der Waals surface area contributed by atoms with Gasteiger partial charge in [-0.25, -0.2) is 9.50 Å². The van der Waals surface area contributed by atoms with Gasteiger partial charge in [-0.3, -0.25) is 0 Å². The monoisotopic (exact) mass is 241 g/mol. The second-order valence-corrected chi connectivity index (χ2v) is 3.85. The van der Waals surface area contributed by atoms with Crippen molar-refractivity contribution in [3.05, 3.63) is 42.6 Å². The number of hydrogen-bond acceptors (Lipinski definition) is 4. The van der Waals surface area contributed by atoms with Crippen LogP contribution in [0.4, 0.5) is 0 Å². The van der Waals surface area contributed by atoms with Gasteiger partial charge in [0, 0.05) is 5.56 Å². The van der Waals surface area contributed by atoms with Gasteiger partial charge in [0.15, 0.2) is 11.5 Å². The molecule has 5 nitrogen and oxygen atoms in total. The number of hydrogen-bond donors (Lipinski definition) is 1. The number of aromatic nitrogens is 3. The minimum Gasteiger partial charge on any atom is -0.508 e. The summed E-state index contributed by atoms with van der Waals surface area (Å²) in [5, 5.41) is 13.6. The fourth-order valence-electron chi connectivity index (χ4n) is 1.72. The summed E-state index contributed by atoms with van der Waals surface area (Å²) in [7, 11) is 1.61. The van der Waals surface area contributed by atoms with Gasteiger partial charge in [0.25, 0.3) is 0 Å². The van der Waals surface area contributed by atoms with Crippen LogP contribution in [0.15, 0.2) is 42.6 Å². The van der Waals surface area contributed by atoms with Crippen molar-refractivity contribution >= 4 is 5.65 Å². The molecule has 0 radical (unpaired) electrons. The molecule has 0 amide bonds. The number of ether oxygens (including phenoxy) is 1. The summed E-state index contributed by atoms with van der Waals surface area (Å²) in [5.74, 6) is 1.57. The van der Waals surface area contributed by atoms with Gasteiger partial charge in [-0.05, 0) is 36.4 Å². The normalized spacial score (nSPS) is 10.7. The number of benzene rings is 1. The molecule has 0 unspecified atom stereocenters. The zero-order valence-electron chi connectivity index (χ0n) is 9.74. The fourth-order valence-corrected chi connectivity index (χ4v) is 1.72. The summed E-state index contributed by atoms with van der Waals surface area (Å²) in [6, 6.07) is 10.5. The molecule has 0 spiro atoms. The maximum Gasteiger partial charge on any atom is 0.182 e. The minimum absolute atomic E-state index is 0.226. The molecule has 18 heavy (non-hydrogen) atoms. The van der Waals surface area contributed by atoms with Gasteiger partial charge in [-0.15, -0.1) is 5.10 Å². The van der Waals surface area contributed by atoms with Gasteiger partial charge in [0.05, 0.1) is 13.3 Å². The van der Waals surface area contributed by atoms with Gasteiger partial charge < -0.3 is 9.84 Å². The van der Waals surface area contributed by atoms with Gasteiger partial charge in [0.2, 0.25) is 0 Å². The third-order valence-corrected chi connectivity index (χ3v) is 2.67. The maximum atomic E-state index is 9.25. The van der Waals surface area contributed by atoms with Crippen LogP contribution in [0.2, 0.25) is 0 Å². The second kappa shape index (κ2) is 4.03. The predicted molar refractivity (Wildman–Crippen MR) is 66.6 cm³/mol. The lowest BCUT2D eigenvalue weighted by Gasteiger charge is -1.97. The standard InChI is InChI=1S/C13H11N3O2/c1-18-11-6-7-12-14-13(15-16(12)8-11)9-2-4-10(17)5-3-9/h2-8,17H,1H3. The molecule has 0 aliphatic rings. The highest BCUT2D eigenvalue weighted by atomic mass is 16.5. The first-order valence-electron chi connectivity index (χ1n) is 5.46. The quantitative estimate of drug-likeness (QED) is 0.746. The van der Waals surface area contributed by atoms with Crippen LogP contribution >= 0.6 is 0 Å². The lowest BCUT2D eigenvalue weighted by atomic mass is 10.2. The van der Waals surface area contributed by atoms with E-state index in [1.807, 2.05) is 12.1 Å². The lowest BCUT2D eigenvalue weighted by molar-refractivity contribution is 0.411. The van der Waals surface area contributed by atoms with Gasteiger partial charge >= 0.3 is 0 Å². The van der Waals surface area contributed by atoms with E-state index < -0.39 is 0 Å². The molecular formula is C13H11N3O2. The fraction of sp³-hybridized carbons (Fsp3) is 0.0769. The Hall–Kier alpha value is -2.56. The number of methoxy groups -OCH3 is 1. The van der Waals surface area contributed by atoms with Gasteiger partial charge in [-0.2, -0.15) is 0 Å². The van der Waals surface area contributed by atoms with Crippen molar-refractivity contribution in [1.82, 2.24) is 14.6 Å². The first-order valence-corrected chi connectivity index (χ1v) is 5.46. The number of pyridine rings is 1. The van der Waals surface area contributed by atoms with Crippen molar-refractivity contribution in [1.29, 1.82) is 0 Å². The highest BCUT2D eigenvalue weighted by Gasteiger charge is 2.06. The summed E-state index contributed by atoms with van der Waals surface area (Å²) >= 11 is 0. The Kier molecular flexibility index (Phi) is 2.37. The van der Waals surface area contributed by atoms with Crippen LogP contribution in [-0.4, -0.2) is 26.8 Å². The summed E-state index contributed by atoms with van der Waals surface area (Å²) in [6.45, 7) is 0. The maximum absolute atomic E-state index is 9.25. The van der Waals surface area contributed by atoms with Crippen LogP contribution in [0, 0.1) is 0 Å². The number of phenolic OH excluding ortho intramolecular Hbond substituents is 1. The zero-order valence-corrected chi connectivity index (χ0v) is 9.74.